The molecule has 2 fully saturated rings. The molecule has 0 spiro atoms. The summed E-state index contributed by atoms with van der Waals surface area (Å²) in [4.78, 5) is 14.5. The molecule has 0 radical (unpaired) electrons. The van der Waals surface area contributed by atoms with Crippen LogP contribution in [0, 0.1) is 11.8 Å². The average molecular weight is 496 g/mol. The summed E-state index contributed by atoms with van der Waals surface area (Å²) in [6.07, 6.45) is -2.57. The van der Waals surface area contributed by atoms with Crippen molar-refractivity contribution in [2.75, 3.05) is 20.1 Å². The number of carbonyl (C=O) groups is 1. The molecule has 1 aliphatic heterocycles. The molecule has 0 bridgehead atoms. The number of alkyl halides is 3. The quantitative estimate of drug-likeness (QED) is 0.668. The molecule has 1 amide bonds. The fraction of sp³-hybridized carbons (Fsp3) is 0.458. The molecule has 4 atom stereocenters. The van der Waals surface area contributed by atoms with Crippen molar-refractivity contribution >= 4 is 15.9 Å². The van der Waals surface area contributed by atoms with Crippen LogP contribution in [0.1, 0.15) is 24.0 Å². The number of fused-ring (bicyclic) bond motifs is 1. The van der Waals surface area contributed by atoms with Crippen LogP contribution < -0.4 is 5.73 Å². The van der Waals surface area contributed by atoms with E-state index < -0.39 is 27.8 Å². The first-order valence-corrected chi connectivity index (χ1v) is 12.7. The Morgan fingerprint density at radius 1 is 1.09 bits per heavy atom. The second-order valence-corrected chi connectivity index (χ2v) is 11.1. The number of nitrogens with zero attached hydrogens (tertiary/aromatic N) is 2. The van der Waals surface area contributed by atoms with Crippen molar-refractivity contribution in [1.29, 1.82) is 0 Å². The topological polar surface area (TPSA) is 83.7 Å². The van der Waals surface area contributed by atoms with E-state index in [0.717, 1.165) is 42.7 Å². The summed E-state index contributed by atoms with van der Waals surface area (Å²) in [5.41, 5.74) is 6.27. The van der Waals surface area contributed by atoms with Crippen molar-refractivity contribution in [2.45, 2.75) is 42.4 Å². The molecule has 1 aliphatic carbocycles. The predicted molar refractivity (Wildman–Crippen MR) is 121 cm³/mol. The highest BCUT2D eigenvalue weighted by molar-refractivity contribution is 7.89. The summed E-state index contributed by atoms with van der Waals surface area (Å²) < 4.78 is 66.0. The number of hydrogen-bond donors (Lipinski definition) is 1. The maximum atomic E-state index is 13.1. The Kier molecular flexibility index (Phi) is 6.76. The Bertz CT molecular complexity index is 1120. The first-order chi connectivity index (χ1) is 16.0. The summed E-state index contributed by atoms with van der Waals surface area (Å²) in [5, 5.41) is 0. The van der Waals surface area contributed by atoms with Gasteiger partial charge in [0.1, 0.15) is 0 Å². The second kappa shape index (κ2) is 9.31. The van der Waals surface area contributed by atoms with Crippen LogP contribution in [-0.4, -0.2) is 55.8 Å². The van der Waals surface area contributed by atoms with E-state index in [1.165, 1.54) is 4.31 Å². The summed E-state index contributed by atoms with van der Waals surface area (Å²) in [5.74, 6) is -0.129. The number of hydrogen-bond acceptors (Lipinski definition) is 4. The third-order valence-corrected chi connectivity index (χ3v) is 8.91. The van der Waals surface area contributed by atoms with Gasteiger partial charge in [0, 0.05) is 26.2 Å². The van der Waals surface area contributed by atoms with Crippen LogP contribution in [0.3, 0.4) is 0 Å². The zero-order valence-electron chi connectivity index (χ0n) is 18.8. The van der Waals surface area contributed by atoms with E-state index in [1.54, 1.807) is 11.9 Å². The van der Waals surface area contributed by atoms with E-state index in [1.807, 2.05) is 30.3 Å². The van der Waals surface area contributed by atoms with Crippen molar-refractivity contribution in [3.05, 3.63) is 65.7 Å². The van der Waals surface area contributed by atoms with Gasteiger partial charge in [0.15, 0.2) is 0 Å². The zero-order chi connectivity index (χ0) is 24.7. The van der Waals surface area contributed by atoms with Crippen LogP contribution in [0.2, 0.25) is 0 Å². The van der Waals surface area contributed by atoms with Gasteiger partial charge in [-0.05, 0) is 60.9 Å². The van der Waals surface area contributed by atoms with Gasteiger partial charge >= 0.3 is 6.18 Å². The minimum absolute atomic E-state index is 0.0397. The number of amides is 1. The molecular formula is C24H28F3N3O3S. The number of sulfonamides is 1. The molecule has 4 rings (SSSR count). The van der Waals surface area contributed by atoms with Crippen LogP contribution in [0.5, 0.6) is 0 Å². The molecule has 2 N–H and O–H groups in total. The third kappa shape index (κ3) is 4.85. The van der Waals surface area contributed by atoms with Gasteiger partial charge < -0.3 is 10.6 Å². The highest BCUT2D eigenvalue weighted by Gasteiger charge is 2.48. The highest BCUT2D eigenvalue weighted by atomic mass is 32.2. The van der Waals surface area contributed by atoms with E-state index in [-0.39, 0.29) is 35.2 Å². The lowest BCUT2D eigenvalue weighted by molar-refractivity contribution is -0.137. The minimum atomic E-state index is -4.53. The van der Waals surface area contributed by atoms with Crippen LogP contribution in [-0.2, 0) is 27.4 Å². The van der Waals surface area contributed by atoms with Gasteiger partial charge in [0.05, 0.1) is 16.5 Å². The summed E-state index contributed by atoms with van der Waals surface area (Å²) >= 11 is 0. The predicted octanol–water partition coefficient (Wildman–Crippen LogP) is 3.13. The van der Waals surface area contributed by atoms with Gasteiger partial charge in [0.25, 0.3) is 0 Å². The van der Waals surface area contributed by atoms with E-state index in [0.29, 0.717) is 13.0 Å². The fourth-order valence-corrected chi connectivity index (χ4v) is 6.75. The number of carbonyl (C=O) groups excluding carboxylic acids is 1. The van der Waals surface area contributed by atoms with Gasteiger partial charge in [-0.3, -0.25) is 4.79 Å². The van der Waals surface area contributed by atoms with E-state index >= 15 is 0 Å². The Hall–Kier alpha value is -2.43. The number of halogens is 3. The highest BCUT2D eigenvalue weighted by Crippen LogP contribution is 2.42. The molecule has 0 aromatic heterocycles. The lowest BCUT2D eigenvalue weighted by Gasteiger charge is -2.31. The molecule has 1 heterocycles. The van der Waals surface area contributed by atoms with Crippen molar-refractivity contribution in [2.24, 2.45) is 17.6 Å². The first kappa shape index (κ1) is 24.7. The molecule has 2 aromatic rings. The molecule has 0 unspecified atom stereocenters. The number of nitrogens with two attached hydrogens (primary N) is 1. The van der Waals surface area contributed by atoms with Crippen LogP contribution in [0.25, 0.3) is 0 Å². The van der Waals surface area contributed by atoms with E-state index in [2.05, 4.69) is 0 Å². The maximum Gasteiger partial charge on any atom is 0.416 e. The lowest BCUT2D eigenvalue weighted by Crippen LogP contribution is -2.49. The standard InChI is InChI=1S/C24H28F3N3O3S/c1-29(23(31)21(28)13-16-5-3-2-4-6-16)22-12-7-17-14-30(15-20(17)22)34(32,33)19-10-8-18(9-11-19)24(25,26)27/h2-6,8-11,17,20-22H,7,12-15,28H2,1H3/t17-,20+,21+,22+/m1/s1. The Labute approximate surface area is 197 Å². The monoisotopic (exact) mass is 495 g/mol. The summed E-state index contributed by atoms with van der Waals surface area (Å²) in [6, 6.07) is 12.3. The zero-order valence-corrected chi connectivity index (χ0v) is 19.6. The smallest absolute Gasteiger partial charge is 0.341 e. The van der Waals surface area contributed by atoms with E-state index in [4.69, 9.17) is 5.73 Å². The molecular weight excluding hydrogens is 467 g/mol. The van der Waals surface area contributed by atoms with Gasteiger partial charge in [-0.1, -0.05) is 30.3 Å². The SMILES string of the molecule is CN(C(=O)[C@@H](N)Cc1ccccc1)[C@H]1CC[C@@H]2CN(S(=O)(=O)c3ccc(C(F)(F)F)cc3)C[C@@H]21. The molecule has 2 aromatic carbocycles. The minimum Gasteiger partial charge on any atom is -0.341 e. The normalized spacial score (nSPS) is 24.1. The van der Waals surface area contributed by atoms with Crippen molar-refractivity contribution in [3.63, 3.8) is 0 Å². The van der Waals surface area contributed by atoms with Crippen LogP contribution >= 0.6 is 0 Å². The van der Waals surface area contributed by atoms with Crippen molar-refractivity contribution in [3.8, 4) is 0 Å². The second-order valence-electron chi connectivity index (χ2n) is 9.16. The number of rotatable bonds is 6. The Balaban J connectivity index is 1.43. The Morgan fingerprint density at radius 3 is 2.35 bits per heavy atom. The number of benzene rings is 2. The lowest BCUT2D eigenvalue weighted by atomic mass is 9.96. The van der Waals surface area contributed by atoms with Gasteiger partial charge in [-0.15, -0.1) is 0 Å². The average Bonchev–Trinajstić information content (AvgIpc) is 3.40. The fourth-order valence-electron chi connectivity index (χ4n) is 5.22. The van der Waals surface area contributed by atoms with Crippen LogP contribution in [0.15, 0.2) is 59.5 Å². The number of likely N-dealkylation sites (N-methyl/N-ethyl adjacent to an activating group) is 1. The van der Waals surface area contributed by atoms with E-state index in [9.17, 15) is 26.4 Å². The summed E-state index contributed by atoms with van der Waals surface area (Å²) in [7, 11) is -2.22. The molecule has 184 valence electrons. The molecule has 2 aliphatic rings. The Morgan fingerprint density at radius 2 is 1.74 bits per heavy atom. The third-order valence-electron chi connectivity index (χ3n) is 7.07. The summed E-state index contributed by atoms with van der Waals surface area (Å²) in [6.45, 7) is 0.521. The maximum absolute atomic E-state index is 13.1. The van der Waals surface area contributed by atoms with Gasteiger partial charge in [0.2, 0.25) is 15.9 Å². The largest absolute Gasteiger partial charge is 0.416 e. The first-order valence-electron chi connectivity index (χ1n) is 11.2. The molecule has 1 saturated carbocycles. The van der Waals surface area contributed by atoms with Crippen molar-refractivity contribution in [1.82, 2.24) is 9.21 Å². The molecule has 34 heavy (non-hydrogen) atoms. The molecule has 1 saturated heterocycles. The van der Waals surface area contributed by atoms with Crippen LogP contribution in [0.4, 0.5) is 13.2 Å². The van der Waals surface area contributed by atoms with Crippen molar-refractivity contribution < 1.29 is 26.4 Å². The molecule has 10 heteroatoms. The molecule has 6 nitrogen and oxygen atoms in total. The van der Waals surface area contributed by atoms with Gasteiger partial charge in [-0.25, -0.2) is 8.42 Å². The van der Waals surface area contributed by atoms with Gasteiger partial charge in [-0.2, -0.15) is 17.5 Å².